The first-order valence-corrected chi connectivity index (χ1v) is 10.6. The van der Waals surface area contributed by atoms with Crippen LogP contribution in [-0.4, -0.2) is 53.7 Å². The van der Waals surface area contributed by atoms with Crippen LogP contribution in [0.2, 0.25) is 0 Å². The Hall–Kier alpha value is -3.32. The predicted octanol–water partition coefficient (Wildman–Crippen LogP) is 3.35. The zero-order chi connectivity index (χ0) is 21.0. The lowest BCUT2D eigenvalue weighted by Crippen LogP contribution is -2.48. The lowest BCUT2D eigenvalue weighted by Gasteiger charge is -2.34. The van der Waals surface area contributed by atoms with E-state index in [0.29, 0.717) is 25.5 Å². The van der Waals surface area contributed by atoms with E-state index in [1.807, 2.05) is 47.4 Å². The summed E-state index contributed by atoms with van der Waals surface area (Å²) in [6.45, 7) is 4.33. The first-order valence-electron chi connectivity index (χ1n) is 10.6. The summed E-state index contributed by atoms with van der Waals surface area (Å²) in [4.78, 5) is 21.3. The summed E-state index contributed by atoms with van der Waals surface area (Å²) in [5.74, 6) is 3.12. The Balaban J connectivity index is 1.08. The predicted molar refractivity (Wildman–Crippen MR) is 115 cm³/mol. The van der Waals surface area contributed by atoms with Crippen LogP contribution in [-0.2, 0) is 17.8 Å². The zero-order valence-corrected chi connectivity index (χ0v) is 17.3. The Labute approximate surface area is 181 Å². The number of piperazine rings is 1. The highest BCUT2D eigenvalue weighted by molar-refractivity contribution is 5.76. The molecular weight excluding hydrogens is 394 g/mol. The monoisotopic (exact) mass is 419 g/mol. The Morgan fingerprint density at radius 3 is 2.61 bits per heavy atom. The molecular formula is C24H25N3O4. The third kappa shape index (κ3) is 4.56. The van der Waals surface area contributed by atoms with E-state index in [1.165, 1.54) is 5.56 Å². The van der Waals surface area contributed by atoms with E-state index in [2.05, 4.69) is 16.0 Å². The number of fused-ring (bicyclic) bond motifs is 1. The molecule has 0 radical (unpaired) electrons. The van der Waals surface area contributed by atoms with Gasteiger partial charge in [-0.05, 0) is 17.7 Å². The van der Waals surface area contributed by atoms with Gasteiger partial charge in [0, 0.05) is 51.1 Å². The van der Waals surface area contributed by atoms with Gasteiger partial charge in [-0.2, -0.15) is 0 Å². The smallest absolute Gasteiger partial charge is 0.231 e. The molecule has 7 heteroatoms. The van der Waals surface area contributed by atoms with Crippen LogP contribution < -0.4 is 9.47 Å². The summed E-state index contributed by atoms with van der Waals surface area (Å²) in [7, 11) is 0. The normalized spacial score (nSPS) is 15.9. The van der Waals surface area contributed by atoms with Crippen LogP contribution in [0.3, 0.4) is 0 Å². The van der Waals surface area contributed by atoms with E-state index in [4.69, 9.17) is 13.9 Å². The highest BCUT2D eigenvalue weighted by Gasteiger charge is 2.22. The summed E-state index contributed by atoms with van der Waals surface area (Å²) in [6, 6.07) is 15.9. The average molecular weight is 419 g/mol. The number of rotatable bonds is 6. The van der Waals surface area contributed by atoms with Gasteiger partial charge in [0.05, 0.1) is 6.20 Å². The molecule has 0 N–H and O–H groups in total. The number of hydrogen-bond acceptors (Lipinski definition) is 6. The van der Waals surface area contributed by atoms with Gasteiger partial charge in [-0.25, -0.2) is 4.98 Å². The lowest BCUT2D eigenvalue weighted by atomic mass is 10.1. The number of carbonyl (C=O) groups excluding carboxylic acids is 1. The molecule has 1 aromatic heterocycles. The quantitative estimate of drug-likeness (QED) is 0.610. The van der Waals surface area contributed by atoms with Crippen molar-refractivity contribution in [2.24, 2.45) is 0 Å². The molecule has 3 heterocycles. The van der Waals surface area contributed by atoms with Crippen molar-refractivity contribution in [3.63, 3.8) is 0 Å². The van der Waals surface area contributed by atoms with Gasteiger partial charge in [-0.1, -0.05) is 36.4 Å². The van der Waals surface area contributed by atoms with Crippen molar-refractivity contribution in [2.45, 2.75) is 19.4 Å². The van der Waals surface area contributed by atoms with Gasteiger partial charge in [0.25, 0.3) is 0 Å². The van der Waals surface area contributed by atoms with Gasteiger partial charge >= 0.3 is 0 Å². The van der Waals surface area contributed by atoms with Gasteiger partial charge in [-0.3, -0.25) is 9.69 Å². The minimum absolute atomic E-state index is 0.155. The van der Waals surface area contributed by atoms with Gasteiger partial charge in [0.1, 0.15) is 0 Å². The number of carbonyl (C=O) groups is 1. The molecule has 2 aliphatic heterocycles. The molecule has 7 nitrogen and oxygen atoms in total. The van der Waals surface area contributed by atoms with E-state index in [0.717, 1.165) is 55.5 Å². The van der Waals surface area contributed by atoms with Crippen molar-refractivity contribution in [3.8, 4) is 22.8 Å². The highest BCUT2D eigenvalue weighted by atomic mass is 16.7. The standard InChI is InChI=1S/C24H25N3O4/c28-24(9-8-23-25-15-22(31-23)19-4-2-1-3-5-19)27-12-10-26(11-13-27)16-18-6-7-20-21(14-18)30-17-29-20/h1-7,14-15H,8-13,16-17H2. The summed E-state index contributed by atoms with van der Waals surface area (Å²) in [5.41, 5.74) is 2.19. The Morgan fingerprint density at radius 2 is 1.77 bits per heavy atom. The first-order chi connectivity index (χ1) is 15.2. The molecule has 5 rings (SSSR count). The third-order valence-corrected chi connectivity index (χ3v) is 5.73. The van der Waals surface area contributed by atoms with Gasteiger partial charge in [0.2, 0.25) is 12.7 Å². The molecule has 0 bridgehead atoms. The fourth-order valence-corrected chi connectivity index (χ4v) is 3.99. The van der Waals surface area contributed by atoms with Gasteiger partial charge in [0.15, 0.2) is 23.1 Å². The van der Waals surface area contributed by atoms with Crippen LogP contribution in [0.25, 0.3) is 11.3 Å². The number of aromatic nitrogens is 1. The molecule has 2 aliphatic rings. The van der Waals surface area contributed by atoms with Crippen molar-refractivity contribution in [1.29, 1.82) is 0 Å². The Kier molecular flexibility index (Phi) is 5.58. The number of benzene rings is 2. The van der Waals surface area contributed by atoms with Crippen LogP contribution >= 0.6 is 0 Å². The van der Waals surface area contributed by atoms with E-state index in [-0.39, 0.29) is 5.91 Å². The van der Waals surface area contributed by atoms with Crippen LogP contribution in [0.15, 0.2) is 59.1 Å². The molecule has 2 aromatic carbocycles. The second kappa shape index (κ2) is 8.81. The third-order valence-electron chi connectivity index (χ3n) is 5.73. The number of hydrogen-bond donors (Lipinski definition) is 0. The molecule has 0 unspecified atom stereocenters. The number of amides is 1. The fraction of sp³-hybridized carbons (Fsp3) is 0.333. The minimum Gasteiger partial charge on any atom is -0.454 e. The van der Waals surface area contributed by atoms with Crippen molar-refractivity contribution in [2.75, 3.05) is 33.0 Å². The highest BCUT2D eigenvalue weighted by Crippen LogP contribution is 2.32. The zero-order valence-electron chi connectivity index (χ0n) is 17.3. The summed E-state index contributed by atoms with van der Waals surface area (Å²) in [5, 5.41) is 0. The molecule has 1 fully saturated rings. The topological polar surface area (TPSA) is 68.0 Å². The van der Waals surface area contributed by atoms with E-state index < -0.39 is 0 Å². The maximum Gasteiger partial charge on any atom is 0.231 e. The number of ether oxygens (including phenoxy) is 2. The average Bonchev–Trinajstić information content (AvgIpc) is 3.48. The number of nitrogens with zero attached hydrogens (tertiary/aromatic N) is 3. The second-order valence-corrected chi connectivity index (χ2v) is 7.83. The van der Waals surface area contributed by atoms with Crippen molar-refractivity contribution < 1.29 is 18.7 Å². The maximum absolute atomic E-state index is 12.6. The SMILES string of the molecule is O=C(CCc1ncc(-c2ccccc2)o1)N1CCN(Cc2ccc3c(c2)OCO3)CC1. The van der Waals surface area contributed by atoms with Crippen LogP contribution in [0.4, 0.5) is 0 Å². The number of aryl methyl sites for hydroxylation is 1. The Bertz CT molecular complexity index is 1040. The van der Waals surface area contributed by atoms with Crippen molar-refractivity contribution in [1.82, 2.24) is 14.8 Å². The molecule has 160 valence electrons. The first kappa shape index (κ1) is 19.6. The lowest BCUT2D eigenvalue weighted by molar-refractivity contribution is -0.133. The second-order valence-electron chi connectivity index (χ2n) is 7.83. The maximum atomic E-state index is 12.6. The fourth-order valence-electron chi connectivity index (χ4n) is 3.99. The van der Waals surface area contributed by atoms with E-state index in [9.17, 15) is 4.79 Å². The van der Waals surface area contributed by atoms with Crippen LogP contribution in [0.1, 0.15) is 17.9 Å². The molecule has 0 atom stereocenters. The molecule has 0 aliphatic carbocycles. The molecule has 31 heavy (non-hydrogen) atoms. The van der Waals surface area contributed by atoms with E-state index in [1.54, 1.807) is 6.20 Å². The van der Waals surface area contributed by atoms with Crippen LogP contribution in [0, 0.1) is 0 Å². The molecule has 0 saturated carbocycles. The molecule has 1 amide bonds. The summed E-state index contributed by atoms with van der Waals surface area (Å²) < 4.78 is 16.6. The van der Waals surface area contributed by atoms with Crippen LogP contribution in [0.5, 0.6) is 11.5 Å². The van der Waals surface area contributed by atoms with E-state index >= 15 is 0 Å². The summed E-state index contributed by atoms with van der Waals surface area (Å²) >= 11 is 0. The van der Waals surface area contributed by atoms with Crippen molar-refractivity contribution in [3.05, 3.63) is 66.2 Å². The molecule has 3 aromatic rings. The van der Waals surface area contributed by atoms with Gasteiger partial charge in [-0.15, -0.1) is 0 Å². The summed E-state index contributed by atoms with van der Waals surface area (Å²) in [6.07, 6.45) is 2.66. The van der Waals surface area contributed by atoms with Gasteiger partial charge < -0.3 is 18.8 Å². The molecule has 0 spiro atoms. The number of oxazole rings is 1. The largest absolute Gasteiger partial charge is 0.454 e. The molecule has 1 saturated heterocycles. The minimum atomic E-state index is 0.155. The van der Waals surface area contributed by atoms with Crippen molar-refractivity contribution >= 4 is 5.91 Å². The Morgan fingerprint density at radius 1 is 0.968 bits per heavy atom.